The molecule has 4 rings (SSSR count). The van der Waals surface area contributed by atoms with Gasteiger partial charge in [-0.1, -0.05) is 24.3 Å². The third kappa shape index (κ3) is 2.97. The van der Waals surface area contributed by atoms with E-state index in [0.29, 0.717) is 25.9 Å². The van der Waals surface area contributed by atoms with E-state index < -0.39 is 0 Å². The fraction of sp³-hybridized carbons (Fsp3) is 0.400. The predicted octanol–water partition coefficient (Wildman–Crippen LogP) is 3.54. The first-order valence-corrected chi connectivity index (χ1v) is 9.57. The van der Waals surface area contributed by atoms with Crippen molar-refractivity contribution >= 4 is 23.2 Å². The van der Waals surface area contributed by atoms with E-state index >= 15 is 0 Å². The molecule has 130 valence electrons. The topological polar surface area (TPSA) is 46.6 Å². The van der Waals surface area contributed by atoms with E-state index in [9.17, 15) is 9.59 Å². The maximum absolute atomic E-state index is 12.9. The first kappa shape index (κ1) is 16.3. The van der Waals surface area contributed by atoms with Gasteiger partial charge in [0.05, 0.1) is 17.9 Å². The van der Waals surface area contributed by atoms with Crippen LogP contribution in [-0.2, 0) is 22.4 Å². The molecule has 4 nitrogen and oxygen atoms in total. The maximum Gasteiger partial charge on any atom is 0.308 e. The summed E-state index contributed by atoms with van der Waals surface area (Å²) in [4.78, 5) is 28.5. The highest BCUT2D eigenvalue weighted by molar-refractivity contribution is 7.17. The van der Waals surface area contributed by atoms with Crippen LogP contribution >= 0.6 is 11.3 Å². The first-order chi connectivity index (χ1) is 12.2. The largest absolute Gasteiger partial charge is 0.469 e. The van der Waals surface area contributed by atoms with Gasteiger partial charge in [-0.3, -0.25) is 9.59 Å². The number of piperidine rings is 1. The molecule has 1 saturated heterocycles. The number of hydrogen-bond donors (Lipinski definition) is 0. The van der Waals surface area contributed by atoms with Gasteiger partial charge in [0.15, 0.2) is 0 Å². The van der Waals surface area contributed by atoms with Crippen LogP contribution in [0.25, 0.3) is 10.4 Å². The van der Waals surface area contributed by atoms with Gasteiger partial charge < -0.3 is 9.64 Å². The summed E-state index contributed by atoms with van der Waals surface area (Å²) in [5.41, 5.74) is 3.93. The molecule has 5 heteroatoms. The molecule has 1 aliphatic carbocycles. The summed E-state index contributed by atoms with van der Waals surface area (Å²) in [6.07, 6.45) is 3.41. The van der Waals surface area contributed by atoms with Gasteiger partial charge in [0, 0.05) is 18.0 Å². The number of amides is 1. The summed E-state index contributed by atoms with van der Waals surface area (Å²) >= 11 is 1.61. The zero-order chi connectivity index (χ0) is 17.4. The number of thiophene rings is 1. The lowest BCUT2D eigenvalue weighted by molar-refractivity contribution is -0.146. The van der Waals surface area contributed by atoms with Crippen molar-refractivity contribution in [1.29, 1.82) is 0 Å². The number of methoxy groups -OCH3 is 1. The zero-order valence-corrected chi connectivity index (χ0v) is 15.1. The van der Waals surface area contributed by atoms with Gasteiger partial charge >= 0.3 is 5.97 Å². The van der Waals surface area contributed by atoms with Gasteiger partial charge in [0.2, 0.25) is 0 Å². The van der Waals surface area contributed by atoms with Crippen molar-refractivity contribution in [2.45, 2.75) is 25.7 Å². The number of likely N-dealkylation sites (tertiary alicyclic amines) is 1. The molecule has 2 aromatic rings. The summed E-state index contributed by atoms with van der Waals surface area (Å²) in [7, 11) is 1.42. The average Bonchev–Trinajstić information content (AvgIpc) is 3.11. The smallest absolute Gasteiger partial charge is 0.308 e. The van der Waals surface area contributed by atoms with Crippen molar-refractivity contribution in [2.24, 2.45) is 5.92 Å². The second kappa shape index (κ2) is 6.64. The minimum atomic E-state index is -0.157. The van der Waals surface area contributed by atoms with Crippen LogP contribution in [0.3, 0.4) is 0 Å². The Morgan fingerprint density at radius 3 is 2.60 bits per heavy atom. The zero-order valence-electron chi connectivity index (χ0n) is 14.3. The van der Waals surface area contributed by atoms with Crippen molar-refractivity contribution in [3.05, 3.63) is 46.3 Å². The van der Waals surface area contributed by atoms with E-state index in [-0.39, 0.29) is 17.8 Å². The maximum atomic E-state index is 12.9. The highest BCUT2D eigenvalue weighted by Crippen LogP contribution is 2.40. The van der Waals surface area contributed by atoms with Gasteiger partial charge in [-0.25, -0.2) is 0 Å². The molecule has 25 heavy (non-hydrogen) atoms. The second-order valence-corrected chi connectivity index (χ2v) is 7.76. The molecule has 1 amide bonds. The normalized spacial score (nSPS) is 16.9. The molecule has 2 aliphatic rings. The van der Waals surface area contributed by atoms with Crippen LogP contribution in [0.2, 0.25) is 0 Å². The summed E-state index contributed by atoms with van der Waals surface area (Å²) in [6.45, 7) is 1.25. The molecule has 1 aromatic heterocycles. The van der Waals surface area contributed by atoms with Crippen LogP contribution in [0.1, 0.15) is 33.6 Å². The van der Waals surface area contributed by atoms with Gasteiger partial charge in [-0.15, -0.1) is 11.3 Å². The number of hydrogen-bond acceptors (Lipinski definition) is 4. The van der Waals surface area contributed by atoms with Crippen LogP contribution in [0.4, 0.5) is 0 Å². The van der Waals surface area contributed by atoms with Gasteiger partial charge in [-0.05, 0) is 48.4 Å². The lowest BCUT2D eigenvalue weighted by Gasteiger charge is -2.30. The van der Waals surface area contributed by atoms with Gasteiger partial charge in [0.1, 0.15) is 0 Å². The summed E-state index contributed by atoms with van der Waals surface area (Å²) < 4.78 is 4.82. The quantitative estimate of drug-likeness (QED) is 0.774. The predicted molar refractivity (Wildman–Crippen MR) is 97.8 cm³/mol. The van der Waals surface area contributed by atoms with E-state index in [2.05, 4.69) is 30.3 Å². The van der Waals surface area contributed by atoms with Crippen molar-refractivity contribution in [1.82, 2.24) is 4.90 Å². The summed E-state index contributed by atoms with van der Waals surface area (Å²) in [5.74, 6) is -0.132. The molecule has 1 aliphatic heterocycles. The van der Waals surface area contributed by atoms with Crippen molar-refractivity contribution < 1.29 is 14.3 Å². The number of nitrogens with zero attached hydrogens (tertiary/aromatic N) is 1. The Hall–Kier alpha value is -2.14. The number of fused-ring (bicyclic) bond motifs is 3. The molecule has 0 saturated carbocycles. The monoisotopic (exact) mass is 355 g/mol. The molecular formula is C20H21NO3S. The summed E-state index contributed by atoms with van der Waals surface area (Å²) in [6, 6.07) is 10.5. The molecule has 0 bridgehead atoms. The third-order valence-corrected chi connectivity index (χ3v) is 6.46. The molecule has 0 N–H and O–H groups in total. The van der Waals surface area contributed by atoms with Crippen LogP contribution in [-0.4, -0.2) is 37.0 Å². The number of ether oxygens (including phenoxy) is 1. The minimum absolute atomic E-state index is 0.0718. The molecule has 0 atom stereocenters. The number of carbonyl (C=O) groups is 2. The van der Waals surface area contributed by atoms with E-state index in [1.54, 1.807) is 11.3 Å². The fourth-order valence-electron chi connectivity index (χ4n) is 3.82. The Labute approximate surface area is 151 Å². The SMILES string of the molecule is COC(=O)C1CCN(C(=O)c2cc3c(s2)-c2ccccc2CC3)CC1. The fourth-order valence-corrected chi connectivity index (χ4v) is 5.06. The van der Waals surface area contributed by atoms with E-state index in [4.69, 9.17) is 4.74 Å². The number of aryl methyl sites for hydroxylation is 2. The molecule has 1 fully saturated rings. The number of rotatable bonds is 2. The Balaban J connectivity index is 1.52. The Morgan fingerprint density at radius 2 is 1.84 bits per heavy atom. The third-order valence-electron chi connectivity index (χ3n) is 5.26. The number of carbonyl (C=O) groups excluding carboxylic acids is 2. The van der Waals surface area contributed by atoms with Crippen LogP contribution < -0.4 is 0 Å². The molecule has 0 spiro atoms. The van der Waals surface area contributed by atoms with E-state index in [1.165, 1.54) is 28.7 Å². The Bertz CT molecular complexity index is 818. The molecule has 1 aromatic carbocycles. The lowest BCUT2D eigenvalue weighted by Crippen LogP contribution is -2.40. The highest BCUT2D eigenvalue weighted by atomic mass is 32.1. The Morgan fingerprint density at radius 1 is 1.12 bits per heavy atom. The van der Waals surface area contributed by atoms with Crippen molar-refractivity contribution in [2.75, 3.05) is 20.2 Å². The van der Waals surface area contributed by atoms with E-state index in [1.807, 2.05) is 4.90 Å². The van der Waals surface area contributed by atoms with Crippen molar-refractivity contribution in [3.8, 4) is 10.4 Å². The standard InChI is InChI=1S/C20H21NO3S/c1-24-20(23)14-8-10-21(11-9-14)19(22)17-12-15-7-6-13-4-2-3-5-16(13)18(15)25-17/h2-5,12,14H,6-11H2,1H3. The summed E-state index contributed by atoms with van der Waals surface area (Å²) in [5, 5.41) is 0. The highest BCUT2D eigenvalue weighted by Gasteiger charge is 2.30. The van der Waals surface area contributed by atoms with Crippen molar-refractivity contribution in [3.63, 3.8) is 0 Å². The molecule has 0 unspecified atom stereocenters. The minimum Gasteiger partial charge on any atom is -0.469 e. The van der Waals surface area contributed by atoms with Crippen LogP contribution in [0, 0.1) is 5.92 Å². The molecule has 2 heterocycles. The van der Waals surface area contributed by atoms with Crippen LogP contribution in [0.5, 0.6) is 0 Å². The van der Waals surface area contributed by atoms with Gasteiger partial charge in [0.25, 0.3) is 5.91 Å². The van der Waals surface area contributed by atoms with Crippen LogP contribution in [0.15, 0.2) is 30.3 Å². The van der Waals surface area contributed by atoms with E-state index in [0.717, 1.165) is 17.7 Å². The average molecular weight is 355 g/mol. The molecular weight excluding hydrogens is 334 g/mol. The Kier molecular flexibility index (Phi) is 4.34. The second-order valence-electron chi connectivity index (χ2n) is 6.71. The lowest BCUT2D eigenvalue weighted by atomic mass is 9.91. The van der Waals surface area contributed by atoms with Gasteiger partial charge in [-0.2, -0.15) is 0 Å². The molecule has 0 radical (unpaired) electrons. The number of benzene rings is 1. The first-order valence-electron chi connectivity index (χ1n) is 8.75. The number of esters is 1.